The van der Waals surface area contributed by atoms with Crippen LogP contribution in [0.5, 0.6) is 0 Å². The fraction of sp³-hybridized carbons (Fsp3) is 0.474. The average molecular weight is 469 g/mol. The van der Waals surface area contributed by atoms with Crippen LogP contribution in [-0.4, -0.2) is 53.7 Å². The lowest BCUT2D eigenvalue weighted by Crippen LogP contribution is -2.36. The Hall–Kier alpha value is -1.84. The molecule has 0 saturated heterocycles. The van der Waals surface area contributed by atoms with E-state index >= 15 is 0 Å². The average Bonchev–Trinajstić information content (AvgIpc) is 3.14. The number of ether oxygens (including phenoxy) is 1. The normalized spacial score (nSPS) is 10.7. The lowest BCUT2D eigenvalue weighted by Gasteiger charge is -2.22. The molecule has 0 aliphatic heterocycles. The summed E-state index contributed by atoms with van der Waals surface area (Å²) in [7, 11) is 1.60. The van der Waals surface area contributed by atoms with E-state index in [0.717, 1.165) is 27.9 Å². The van der Waals surface area contributed by atoms with E-state index in [-0.39, 0.29) is 18.2 Å². The molecule has 152 valence electrons. The summed E-state index contributed by atoms with van der Waals surface area (Å²) in [6.07, 6.45) is 2.50. The van der Waals surface area contributed by atoms with Gasteiger partial charge in [0.15, 0.2) is 0 Å². The number of nitrogens with one attached hydrogen (secondary N) is 1. The van der Waals surface area contributed by atoms with Crippen LogP contribution in [0.1, 0.15) is 32.6 Å². The van der Waals surface area contributed by atoms with E-state index in [1.54, 1.807) is 12.0 Å². The Morgan fingerprint density at radius 1 is 1.25 bits per heavy atom. The Labute approximate surface area is 177 Å². The van der Waals surface area contributed by atoms with Crippen LogP contribution in [-0.2, 0) is 14.3 Å². The zero-order chi connectivity index (χ0) is 20.4. The molecule has 0 unspecified atom stereocenters. The van der Waals surface area contributed by atoms with Crippen LogP contribution in [0.3, 0.4) is 0 Å². The number of nitrogens with zero attached hydrogens (tertiary/aromatic N) is 3. The van der Waals surface area contributed by atoms with Gasteiger partial charge in [0.1, 0.15) is 5.01 Å². The van der Waals surface area contributed by atoms with E-state index in [1.807, 2.05) is 31.2 Å². The van der Waals surface area contributed by atoms with Gasteiger partial charge in [-0.25, -0.2) is 0 Å². The van der Waals surface area contributed by atoms with Gasteiger partial charge in [-0.05, 0) is 18.6 Å². The van der Waals surface area contributed by atoms with E-state index in [2.05, 4.69) is 31.4 Å². The Morgan fingerprint density at radius 2 is 2.07 bits per heavy atom. The summed E-state index contributed by atoms with van der Waals surface area (Å²) >= 11 is 4.74. The van der Waals surface area contributed by atoms with Gasteiger partial charge in [-0.2, -0.15) is 0 Å². The Morgan fingerprint density at radius 3 is 2.79 bits per heavy atom. The standard InChI is InChI=1S/C19H25BrN4O3S/c1-3-4-8-17(26)24(11-12-27-2)10-9-16(25)21-19-23-22-18(28-19)14-6-5-7-15(20)13-14/h5-7,13H,3-4,8-12H2,1-2H3,(H,21,23,25). The molecule has 1 N–H and O–H groups in total. The molecule has 1 aromatic heterocycles. The fourth-order valence-electron chi connectivity index (χ4n) is 2.48. The number of rotatable bonds is 11. The monoisotopic (exact) mass is 468 g/mol. The summed E-state index contributed by atoms with van der Waals surface area (Å²) in [6, 6.07) is 7.74. The molecule has 0 atom stereocenters. The largest absolute Gasteiger partial charge is 0.383 e. The minimum absolute atomic E-state index is 0.0551. The summed E-state index contributed by atoms with van der Waals surface area (Å²) in [5, 5.41) is 12.1. The smallest absolute Gasteiger partial charge is 0.227 e. The van der Waals surface area contributed by atoms with Gasteiger partial charge in [0.25, 0.3) is 0 Å². The zero-order valence-electron chi connectivity index (χ0n) is 16.1. The molecule has 1 aromatic carbocycles. The van der Waals surface area contributed by atoms with Crippen LogP contribution < -0.4 is 5.32 Å². The third-order valence-electron chi connectivity index (χ3n) is 4.01. The quantitative estimate of drug-likeness (QED) is 0.539. The first-order valence-corrected chi connectivity index (χ1v) is 10.8. The highest BCUT2D eigenvalue weighted by molar-refractivity contribution is 9.10. The molecule has 1 heterocycles. The van der Waals surface area contributed by atoms with Crippen molar-refractivity contribution in [2.24, 2.45) is 0 Å². The minimum atomic E-state index is -0.192. The molecule has 9 heteroatoms. The number of halogens is 1. The molecule has 0 saturated carbocycles. The fourth-order valence-corrected chi connectivity index (χ4v) is 3.63. The summed E-state index contributed by atoms with van der Waals surface area (Å²) in [5.74, 6) is -0.137. The van der Waals surface area contributed by atoms with Crippen LogP contribution in [0.2, 0.25) is 0 Å². The minimum Gasteiger partial charge on any atom is -0.383 e. The van der Waals surface area contributed by atoms with E-state index < -0.39 is 0 Å². The maximum absolute atomic E-state index is 12.3. The molecule has 7 nitrogen and oxygen atoms in total. The van der Waals surface area contributed by atoms with Gasteiger partial charge < -0.3 is 15.0 Å². The second-order valence-corrected chi connectivity index (χ2v) is 8.09. The third kappa shape index (κ3) is 7.29. The Kier molecular flexibility index (Phi) is 9.52. The van der Waals surface area contributed by atoms with Crippen molar-refractivity contribution >= 4 is 44.2 Å². The van der Waals surface area contributed by atoms with Gasteiger partial charge in [0, 0.05) is 43.1 Å². The number of anilines is 1. The van der Waals surface area contributed by atoms with Crippen LogP contribution in [0.15, 0.2) is 28.7 Å². The third-order valence-corrected chi connectivity index (χ3v) is 5.39. The lowest BCUT2D eigenvalue weighted by atomic mass is 10.2. The molecule has 0 radical (unpaired) electrons. The van der Waals surface area contributed by atoms with Crippen LogP contribution in [0.4, 0.5) is 5.13 Å². The first-order chi connectivity index (χ1) is 13.5. The number of methoxy groups -OCH3 is 1. The maximum atomic E-state index is 12.3. The highest BCUT2D eigenvalue weighted by Gasteiger charge is 2.15. The van der Waals surface area contributed by atoms with Crippen molar-refractivity contribution < 1.29 is 14.3 Å². The molecule has 0 aliphatic rings. The Bertz CT molecular complexity index is 784. The molecule has 0 aliphatic carbocycles. The molecule has 2 aromatic rings. The number of hydrogen-bond acceptors (Lipinski definition) is 6. The van der Waals surface area contributed by atoms with Crippen LogP contribution in [0.25, 0.3) is 10.6 Å². The number of aromatic nitrogens is 2. The number of unbranched alkanes of at least 4 members (excludes halogenated alkanes) is 1. The molecular formula is C19H25BrN4O3S. The van der Waals surface area contributed by atoms with E-state index in [1.165, 1.54) is 11.3 Å². The predicted octanol–water partition coefficient (Wildman–Crippen LogP) is 3.96. The number of benzene rings is 1. The summed E-state index contributed by atoms with van der Waals surface area (Å²) < 4.78 is 6.02. The van der Waals surface area contributed by atoms with Crippen molar-refractivity contribution in [1.82, 2.24) is 15.1 Å². The first kappa shape index (κ1) is 22.4. The van der Waals surface area contributed by atoms with E-state index in [9.17, 15) is 9.59 Å². The predicted molar refractivity (Wildman–Crippen MR) is 114 cm³/mol. The lowest BCUT2D eigenvalue weighted by molar-refractivity contribution is -0.132. The zero-order valence-corrected chi connectivity index (χ0v) is 18.5. The molecule has 0 bridgehead atoms. The molecule has 0 fully saturated rings. The van der Waals surface area contributed by atoms with Crippen molar-refractivity contribution in [3.8, 4) is 10.6 Å². The molecule has 2 amide bonds. The van der Waals surface area contributed by atoms with Crippen molar-refractivity contribution in [2.75, 3.05) is 32.1 Å². The van der Waals surface area contributed by atoms with Crippen LogP contribution in [0, 0.1) is 0 Å². The molecule has 28 heavy (non-hydrogen) atoms. The summed E-state index contributed by atoms with van der Waals surface area (Å²) in [5.41, 5.74) is 0.930. The highest BCUT2D eigenvalue weighted by Crippen LogP contribution is 2.28. The SMILES string of the molecule is CCCCC(=O)N(CCOC)CCC(=O)Nc1nnc(-c2cccc(Br)c2)s1. The van der Waals surface area contributed by atoms with Gasteiger partial charge in [-0.3, -0.25) is 9.59 Å². The van der Waals surface area contributed by atoms with Crippen LogP contribution >= 0.6 is 27.3 Å². The molecular weight excluding hydrogens is 444 g/mol. The van der Waals surface area contributed by atoms with Crippen molar-refractivity contribution in [2.45, 2.75) is 32.6 Å². The first-order valence-electron chi connectivity index (χ1n) is 9.19. The second-order valence-electron chi connectivity index (χ2n) is 6.20. The van der Waals surface area contributed by atoms with Crippen molar-refractivity contribution in [3.63, 3.8) is 0 Å². The van der Waals surface area contributed by atoms with Crippen molar-refractivity contribution in [1.29, 1.82) is 0 Å². The number of amides is 2. The Balaban J connectivity index is 1.89. The van der Waals surface area contributed by atoms with E-state index in [4.69, 9.17) is 4.74 Å². The second kappa shape index (κ2) is 11.9. The van der Waals surface area contributed by atoms with Gasteiger partial charge in [0.2, 0.25) is 16.9 Å². The van der Waals surface area contributed by atoms with Crippen molar-refractivity contribution in [3.05, 3.63) is 28.7 Å². The number of carbonyl (C=O) groups excluding carboxylic acids is 2. The molecule has 0 spiro atoms. The van der Waals surface area contributed by atoms with Gasteiger partial charge in [-0.1, -0.05) is 52.7 Å². The highest BCUT2D eigenvalue weighted by atomic mass is 79.9. The van der Waals surface area contributed by atoms with E-state index in [0.29, 0.717) is 31.2 Å². The van der Waals surface area contributed by atoms with Gasteiger partial charge >= 0.3 is 0 Å². The summed E-state index contributed by atoms with van der Waals surface area (Å²) in [6.45, 7) is 3.34. The molecule has 2 rings (SSSR count). The van der Waals surface area contributed by atoms with Gasteiger partial charge in [0.05, 0.1) is 6.61 Å². The van der Waals surface area contributed by atoms with Gasteiger partial charge in [-0.15, -0.1) is 10.2 Å². The number of carbonyl (C=O) groups is 2. The number of hydrogen-bond donors (Lipinski definition) is 1. The topological polar surface area (TPSA) is 84.4 Å². The maximum Gasteiger partial charge on any atom is 0.227 e. The summed E-state index contributed by atoms with van der Waals surface area (Å²) in [4.78, 5) is 26.2.